The van der Waals surface area contributed by atoms with Gasteiger partial charge in [0.25, 0.3) is 0 Å². The number of rotatable bonds is 4. The first kappa shape index (κ1) is 22.6. The largest absolute Gasteiger partial charge is 0.478 e. The fraction of sp³-hybridized carbons (Fsp3) is 0.0909. The molecule has 0 unspecified atom stereocenters. The molecule has 136 valence electrons. The van der Waals surface area contributed by atoms with Gasteiger partial charge < -0.3 is 10.2 Å². The van der Waals surface area contributed by atoms with Crippen molar-refractivity contribution in [3.05, 3.63) is 103 Å². The number of hydrogen-bond donors (Lipinski definition) is 2. The molecule has 0 saturated carbocycles. The maximum absolute atomic E-state index is 9.60. The maximum Gasteiger partial charge on any atom is 0.330 e. The van der Waals surface area contributed by atoms with Gasteiger partial charge in [-0.1, -0.05) is 80.4 Å². The number of benzene rings is 2. The molecule has 0 radical (unpaired) electrons. The summed E-state index contributed by atoms with van der Waals surface area (Å²) in [5, 5.41) is 15.8. The molecule has 0 heterocycles. The molecule has 0 aliphatic rings. The lowest BCUT2D eigenvalue weighted by Gasteiger charge is -2.04. The van der Waals surface area contributed by atoms with E-state index in [0.717, 1.165) is 5.57 Å². The molecule has 0 saturated heterocycles. The van der Waals surface area contributed by atoms with Gasteiger partial charge in [-0.05, 0) is 30.5 Å². The van der Waals surface area contributed by atoms with Crippen LogP contribution in [0, 0.1) is 0 Å². The van der Waals surface area contributed by atoms with Crippen molar-refractivity contribution >= 4 is 17.5 Å². The summed E-state index contributed by atoms with van der Waals surface area (Å²) >= 11 is 0. The molecule has 0 bridgehead atoms. The first-order chi connectivity index (χ1) is 12.2. The Bertz CT molecular complexity index is 670. The first-order valence-corrected chi connectivity index (χ1v) is 7.74. The van der Waals surface area contributed by atoms with Crippen LogP contribution in [0.4, 0.5) is 0 Å². The van der Waals surface area contributed by atoms with Crippen molar-refractivity contribution in [3.8, 4) is 0 Å². The lowest BCUT2D eigenvalue weighted by Crippen LogP contribution is -1.92. The Morgan fingerprint density at radius 2 is 0.885 bits per heavy atom. The molecule has 0 aromatic heterocycles. The second-order valence-electron chi connectivity index (χ2n) is 5.38. The Kier molecular flexibility index (Phi) is 10.5. The molecule has 2 aromatic carbocycles. The average Bonchev–Trinajstić information content (AvgIpc) is 2.63. The van der Waals surface area contributed by atoms with E-state index in [1.54, 1.807) is 0 Å². The monoisotopic (exact) mass is 352 g/mol. The summed E-state index contributed by atoms with van der Waals surface area (Å²) in [5.41, 5.74) is 3.79. The summed E-state index contributed by atoms with van der Waals surface area (Å²) in [4.78, 5) is 19.2. The fourth-order valence-corrected chi connectivity index (χ4v) is 1.45. The van der Waals surface area contributed by atoms with Gasteiger partial charge in [-0.2, -0.15) is 0 Å². The number of hydrogen-bond acceptors (Lipinski definition) is 2. The number of carbonyl (C=O) groups is 2. The van der Waals surface area contributed by atoms with Gasteiger partial charge in [-0.25, -0.2) is 9.59 Å². The summed E-state index contributed by atoms with van der Waals surface area (Å²) in [6.07, 6.45) is 0. The van der Waals surface area contributed by atoms with E-state index < -0.39 is 11.9 Å². The predicted molar refractivity (Wildman–Crippen MR) is 106 cm³/mol. The van der Waals surface area contributed by atoms with E-state index >= 15 is 0 Å². The molecule has 0 spiro atoms. The Morgan fingerprint density at radius 1 is 0.654 bits per heavy atom. The molecule has 0 atom stereocenters. The van der Waals surface area contributed by atoms with Crippen LogP contribution in [0.1, 0.15) is 25.0 Å². The molecule has 2 rings (SSSR count). The highest BCUT2D eigenvalue weighted by Gasteiger charge is 1.99. The van der Waals surface area contributed by atoms with Crippen molar-refractivity contribution in [2.24, 2.45) is 0 Å². The molecule has 2 N–H and O–H groups in total. The van der Waals surface area contributed by atoms with Crippen LogP contribution in [0.5, 0.6) is 0 Å². The Balaban J connectivity index is 0.000000437. The van der Waals surface area contributed by atoms with Crippen LogP contribution in [0.2, 0.25) is 0 Å². The zero-order valence-electron chi connectivity index (χ0n) is 15.1. The number of carboxylic acid groups (broad SMARTS) is 2. The highest BCUT2D eigenvalue weighted by Crippen LogP contribution is 2.20. The molecule has 0 aliphatic heterocycles. The Hall–Kier alpha value is -3.40. The average molecular weight is 352 g/mol. The summed E-state index contributed by atoms with van der Waals surface area (Å²) in [6.45, 7) is 13.3. The lowest BCUT2D eigenvalue weighted by molar-refractivity contribution is -0.133. The highest BCUT2D eigenvalue weighted by atomic mass is 16.4. The van der Waals surface area contributed by atoms with Gasteiger partial charge in [0.15, 0.2) is 0 Å². The Morgan fingerprint density at radius 3 is 1.08 bits per heavy atom. The zero-order valence-corrected chi connectivity index (χ0v) is 15.1. The van der Waals surface area contributed by atoms with E-state index in [1.807, 2.05) is 36.4 Å². The first-order valence-electron chi connectivity index (χ1n) is 7.74. The number of carboxylic acids is 2. The highest BCUT2D eigenvalue weighted by molar-refractivity contribution is 5.85. The Labute approximate surface area is 154 Å². The van der Waals surface area contributed by atoms with Gasteiger partial charge in [-0.3, -0.25) is 0 Å². The van der Waals surface area contributed by atoms with Gasteiger partial charge in [0.2, 0.25) is 0 Å². The minimum Gasteiger partial charge on any atom is -0.478 e. The van der Waals surface area contributed by atoms with Crippen molar-refractivity contribution in [1.29, 1.82) is 0 Å². The molecule has 4 heteroatoms. The van der Waals surface area contributed by atoms with Crippen molar-refractivity contribution in [2.45, 2.75) is 13.8 Å². The summed E-state index contributed by atoms with van der Waals surface area (Å²) in [7, 11) is 0. The van der Waals surface area contributed by atoms with Gasteiger partial charge in [0, 0.05) is 11.1 Å². The minimum absolute atomic E-state index is 0.176. The van der Waals surface area contributed by atoms with Crippen molar-refractivity contribution in [3.63, 3.8) is 0 Å². The SMILES string of the molecule is C=C(C)C(=O)O.C=C(C)C(=O)O.C=C(c1ccccc1)c1ccccc1. The third-order valence-corrected chi connectivity index (χ3v) is 2.97. The van der Waals surface area contributed by atoms with Crippen LogP contribution in [-0.4, -0.2) is 22.2 Å². The summed E-state index contributed by atoms with van der Waals surface area (Å²) in [5.74, 6) is -1.87. The summed E-state index contributed by atoms with van der Waals surface area (Å²) in [6, 6.07) is 20.5. The topological polar surface area (TPSA) is 74.6 Å². The van der Waals surface area contributed by atoms with E-state index in [-0.39, 0.29) is 11.1 Å². The maximum atomic E-state index is 9.60. The normalized spacial score (nSPS) is 8.69. The molecule has 0 aliphatic carbocycles. The van der Waals surface area contributed by atoms with Crippen LogP contribution in [0.3, 0.4) is 0 Å². The molecule has 2 aromatic rings. The summed E-state index contributed by atoms with van der Waals surface area (Å²) < 4.78 is 0. The molecule has 26 heavy (non-hydrogen) atoms. The molecular formula is C22H24O4. The third-order valence-electron chi connectivity index (χ3n) is 2.97. The quantitative estimate of drug-likeness (QED) is 0.756. The fourth-order valence-electron chi connectivity index (χ4n) is 1.45. The van der Waals surface area contributed by atoms with Crippen LogP contribution < -0.4 is 0 Å². The van der Waals surface area contributed by atoms with E-state index in [4.69, 9.17) is 10.2 Å². The van der Waals surface area contributed by atoms with E-state index in [1.165, 1.54) is 25.0 Å². The van der Waals surface area contributed by atoms with Gasteiger partial charge in [-0.15, -0.1) is 0 Å². The number of aliphatic carboxylic acids is 2. The second kappa shape index (κ2) is 12.0. The molecule has 0 fully saturated rings. The van der Waals surface area contributed by atoms with E-state index in [0.29, 0.717) is 0 Å². The van der Waals surface area contributed by atoms with Crippen LogP contribution in [0.25, 0.3) is 5.57 Å². The standard InChI is InChI=1S/C14H12.2C4H6O2/c1-12(13-8-4-2-5-9-13)14-10-6-3-7-11-14;2*1-3(2)4(5)6/h2-11H,1H2;2*1H2,2H3,(H,5,6). The zero-order chi connectivity index (χ0) is 20.1. The predicted octanol–water partition coefficient (Wildman–Crippen LogP) is 5.04. The van der Waals surface area contributed by atoms with Gasteiger partial charge >= 0.3 is 11.9 Å². The minimum atomic E-state index is -0.935. The molecule has 4 nitrogen and oxygen atoms in total. The van der Waals surface area contributed by atoms with Gasteiger partial charge in [0.05, 0.1) is 0 Å². The van der Waals surface area contributed by atoms with Crippen molar-refractivity contribution in [2.75, 3.05) is 0 Å². The third kappa shape index (κ3) is 9.67. The van der Waals surface area contributed by atoms with Crippen LogP contribution in [-0.2, 0) is 9.59 Å². The molecular weight excluding hydrogens is 328 g/mol. The van der Waals surface area contributed by atoms with Gasteiger partial charge in [0.1, 0.15) is 0 Å². The second-order valence-corrected chi connectivity index (χ2v) is 5.38. The van der Waals surface area contributed by atoms with Crippen LogP contribution in [0.15, 0.2) is 91.5 Å². The van der Waals surface area contributed by atoms with E-state index in [9.17, 15) is 9.59 Å². The molecule has 0 amide bonds. The van der Waals surface area contributed by atoms with E-state index in [2.05, 4.69) is 44.0 Å². The van der Waals surface area contributed by atoms with Crippen molar-refractivity contribution in [1.82, 2.24) is 0 Å². The van der Waals surface area contributed by atoms with Crippen LogP contribution >= 0.6 is 0 Å². The van der Waals surface area contributed by atoms with Crippen molar-refractivity contribution < 1.29 is 19.8 Å². The smallest absolute Gasteiger partial charge is 0.330 e. The lowest BCUT2D eigenvalue weighted by atomic mass is 10.0.